The molecule has 2 rings (SSSR count). The third-order valence-corrected chi connectivity index (χ3v) is 2.56. The van der Waals surface area contributed by atoms with Crippen molar-refractivity contribution in [3.05, 3.63) is 24.4 Å². The van der Waals surface area contributed by atoms with Crippen molar-refractivity contribution in [3.63, 3.8) is 0 Å². The highest BCUT2D eigenvalue weighted by molar-refractivity contribution is 5.25. The Labute approximate surface area is 78.2 Å². The molecule has 0 saturated heterocycles. The number of nitrogens with two attached hydrogens (primary N) is 1. The molecule has 1 aromatic rings. The number of nitrogen functional groups attached to an aromatic ring is 1. The first-order chi connectivity index (χ1) is 6.36. The highest BCUT2D eigenvalue weighted by atomic mass is 15.3. The lowest BCUT2D eigenvalue weighted by molar-refractivity contribution is 0.392. The molecule has 0 fully saturated rings. The summed E-state index contributed by atoms with van der Waals surface area (Å²) in [6.45, 7) is 0.961. The second kappa shape index (κ2) is 3.64. The van der Waals surface area contributed by atoms with Gasteiger partial charge in [0.05, 0.1) is 6.20 Å². The molecule has 0 saturated carbocycles. The number of hydrogen-bond acceptors (Lipinski definition) is 2. The third kappa shape index (κ3) is 1.91. The van der Waals surface area contributed by atoms with Crippen LogP contribution in [0, 0.1) is 5.92 Å². The van der Waals surface area contributed by atoms with Gasteiger partial charge < -0.3 is 5.73 Å². The van der Waals surface area contributed by atoms with Gasteiger partial charge in [0.2, 0.25) is 0 Å². The summed E-state index contributed by atoms with van der Waals surface area (Å²) < 4.78 is 1.89. The molecule has 70 valence electrons. The number of aromatic nitrogens is 2. The maximum atomic E-state index is 5.74. The molecule has 2 N–H and O–H groups in total. The number of anilines is 1. The molecule has 1 aromatic heterocycles. The van der Waals surface area contributed by atoms with E-state index in [1.807, 2.05) is 10.7 Å². The molecule has 0 bridgehead atoms. The number of nitrogens with zero attached hydrogens (tertiary/aromatic N) is 2. The molecule has 3 heteroatoms. The Balaban J connectivity index is 1.98. The van der Waals surface area contributed by atoms with E-state index < -0.39 is 0 Å². The molecule has 0 unspecified atom stereocenters. The van der Waals surface area contributed by atoms with E-state index in [4.69, 9.17) is 5.73 Å². The van der Waals surface area contributed by atoms with Gasteiger partial charge in [0.25, 0.3) is 0 Å². The Morgan fingerprint density at radius 3 is 3.08 bits per heavy atom. The van der Waals surface area contributed by atoms with Gasteiger partial charge in [-0.05, 0) is 31.2 Å². The molecule has 13 heavy (non-hydrogen) atoms. The van der Waals surface area contributed by atoms with E-state index in [-0.39, 0.29) is 0 Å². The van der Waals surface area contributed by atoms with E-state index in [0.717, 1.165) is 12.4 Å². The Kier molecular flexibility index (Phi) is 2.34. The molecule has 3 nitrogen and oxygen atoms in total. The average molecular weight is 177 g/mol. The Morgan fingerprint density at radius 2 is 2.46 bits per heavy atom. The summed E-state index contributed by atoms with van der Waals surface area (Å²) in [6.07, 6.45) is 9.89. The van der Waals surface area contributed by atoms with Crippen LogP contribution < -0.4 is 5.73 Å². The zero-order valence-corrected chi connectivity index (χ0v) is 7.69. The quantitative estimate of drug-likeness (QED) is 0.700. The van der Waals surface area contributed by atoms with E-state index in [1.165, 1.54) is 19.3 Å². The maximum Gasteiger partial charge on any atom is 0.121 e. The van der Waals surface area contributed by atoms with Gasteiger partial charge in [-0.3, -0.25) is 0 Å². The fourth-order valence-electron chi connectivity index (χ4n) is 1.76. The standard InChI is InChI=1S/C10H15N3/c11-10-6-7-12-13(10)8-9-4-2-1-3-5-9/h1-2,6-7,9H,3-5,8,11H2/t9-/m1/s1. The molecule has 1 atom stereocenters. The van der Waals surface area contributed by atoms with E-state index in [2.05, 4.69) is 17.3 Å². The van der Waals surface area contributed by atoms with Gasteiger partial charge in [-0.15, -0.1) is 0 Å². The largest absolute Gasteiger partial charge is 0.384 e. The van der Waals surface area contributed by atoms with Crippen LogP contribution in [0.15, 0.2) is 24.4 Å². The van der Waals surface area contributed by atoms with Crippen molar-refractivity contribution in [2.75, 3.05) is 5.73 Å². The molecule has 0 spiro atoms. The van der Waals surface area contributed by atoms with Crippen LogP contribution in [0.3, 0.4) is 0 Å². The second-order valence-corrected chi connectivity index (χ2v) is 3.59. The smallest absolute Gasteiger partial charge is 0.121 e. The van der Waals surface area contributed by atoms with Crippen LogP contribution >= 0.6 is 0 Å². The molecule has 0 amide bonds. The predicted molar refractivity (Wildman–Crippen MR) is 53.1 cm³/mol. The summed E-state index contributed by atoms with van der Waals surface area (Å²) in [4.78, 5) is 0. The van der Waals surface area contributed by atoms with Gasteiger partial charge in [0.1, 0.15) is 5.82 Å². The highest BCUT2D eigenvalue weighted by Gasteiger charge is 2.11. The van der Waals surface area contributed by atoms with E-state index in [0.29, 0.717) is 5.92 Å². The summed E-state index contributed by atoms with van der Waals surface area (Å²) in [7, 11) is 0. The maximum absolute atomic E-state index is 5.74. The number of hydrogen-bond donors (Lipinski definition) is 1. The van der Waals surface area contributed by atoms with E-state index in [1.54, 1.807) is 6.20 Å². The van der Waals surface area contributed by atoms with Gasteiger partial charge in [-0.1, -0.05) is 12.2 Å². The Hall–Kier alpha value is -1.25. The van der Waals surface area contributed by atoms with Crippen molar-refractivity contribution in [2.24, 2.45) is 5.92 Å². The van der Waals surface area contributed by atoms with Gasteiger partial charge in [0, 0.05) is 6.54 Å². The van der Waals surface area contributed by atoms with Crippen LogP contribution in [0.4, 0.5) is 5.82 Å². The lowest BCUT2D eigenvalue weighted by atomic mass is 9.94. The minimum absolute atomic E-state index is 0.715. The normalized spacial score (nSPS) is 22.0. The van der Waals surface area contributed by atoms with Crippen molar-refractivity contribution in [2.45, 2.75) is 25.8 Å². The van der Waals surface area contributed by atoms with Crippen molar-refractivity contribution < 1.29 is 0 Å². The van der Waals surface area contributed by atoms with Crippen molar-refractivity contribution >= 4 is 5.82 Å². The fraction of sp³-hybridized carbons (Fsp3) is 0.500. The molecule has 0 aliphatic heterocycles. The fourth-order valence-corrected chi connectivity index (χ4v) is 1.76. The second-order valence-electron chi connectivity index (χ2n) is 3.59. The molecule has 1 aliphatic rings. The van der Waals surface area contributed by atoms with Gasteiger partial charge >= 0.3 is 0 Å². The SMILES string of the molecule is Nc1ccnn1C[C@@H]1CC=CCC1. The van der Waals surface area contributed by atoms with Crippen molar-refractivity contribution in [3.8, 4) is 0 Å². The Morgan fingerprint density at radius 1 is 1.54 bits per heavy atom. The molecule has 0 aromatic carbocycles. The molecular formula is C10H15N3. The highest BCUT2D eigenvalue weighted by Crippen LogP contribution is 2.20. The Bertz CT molecular complexity index is 301. The number of rotatable bonds is 2. The first-order valence-electron chi connectivity index (χ1n) is 4.78. The van der Waals surface area contributed by atoms with E-state index in [9.17, 15) is 0 Å². The van der Waals surface area contributed by atoms with Crippen molar-refractivity contribution in [1.29, 1.82) is 0 Å². The van der Waals surface area contributed by atoms with Crippen LogP contribution in [0.1, 0.15) is 19.3 Å². The zero-order valence-electron chi connectivity index (χ0n) is 7.69. The third-order valence-electron chi connectivity index (χ3n) is 2.56. The van der Waals surface area contributed by atoms with E-state index >= 15 is 0 Å². The molecular weight excluding hydrogens is 162 g/mol. The monoisotopic (exact) mass is 177 g/mol. The summed E-state index contributed by atoms with van der Waals surface area (Å²) in [6, 6.07) is 1.85. The lowest BCUT2D eigenvalue weighted by Crippen LogP contribution is -2.14. The zero-order chi connectivity index (χ0) is 9.10. The predicted octanol–water partition coefficient (Wildman–Crippen LogP) is 1.82. The minimum Gasteiger partial charge on any atom is -0.384 e. The number of allylic oxidation sites excluding steroid dienone is 2. The van der Waals surface area contributed by atoms with Crippen LogP contribution in [0.5, 0.6) is 0 Å². The van der Waals surface area contributed by atoms with Crippen LogP contribution in [-0.4, -0.2) is 9.78 Å². The topological polar surface area (TPSA) is 43.8 Å². The molecule has 0 radical (unpaired) electrons. The molecule has 1 heterocycles. The lowest BCUT2D eigenvalue weighted by Gasteiger charge is -2.17. The van der Waals surface area contributed by atoms with Gasteiger partial charge in [0.15, 0.2) is 0 Å². The first-order valence-corrected chi connectivity index (χ1v) is 4.78. The van der Waals surface area contributed by atoms with Gasteiger partial charge in [-0.2, -0.15) is 5.10 Å². The van der Waals surface area contributed by atoms with Crippen LogP contribution in [0.25, 0.3) is 0 Å². The summed E-state index contributed by atoms with van der Waals surface area (Å²) in [5.74, 6) is 1.49. The van der Waals surface area contributed by atoms with Gasteiger partial charge in [-0.25, -0.2) is 4.68 Å². The summed E-state index contributed by atoms with van der Waals surface area (Å²) in [5, 5.41) is 4.18. The first kappa shape index (κ1) is 8.35. The van der Waals surface area contributed by atoms with Crippen LogP contribution in [-0.2, 0) is 6.54 Å². The molecule has 1 aliphatic carbocycles. The van der Waals surface area contributed by atoms with Crippen molar-refractivity contribution in [1.82, 2.24) is 9.78 Å². The summed E-state index contributed by atoms with van der Waals surface area (Å²) in [5.41, 5.74) is 5.74. The average Bonchev–Trinajstić information content (AvgIpc) is 2.54. The summed E-state index contributed by atoms with van der Waals surface area (Å²) >= 11 is 0. The minimum atomic E-state index is 0.715. The van der Waals surface area contributed by atoms with Crippen LogP contribution in [0.2, 0.25) is 0 Å².